The number of Topliss-reactive ketones (excluding diaryl/α,β-unsaturated/α-hetero) is 1. The molecule has 0 aliphatic heterocycles. The first kappa shape index (κ1) is 18.9. The first-order valence-corrected chi connectivity index (χ1v) is 8.21. The van der Waals surface area contributed by atoms with Gasteiger partial charge in [-0.1, -0.05) is 56.2 Å². The molecule has 0 atom stereocenters. The van der Waals surface area contributed by atoms with Crippen LogP contribution in [0.1, 0.15) is 78.1 Å². The Hall–Kier alpha value is -1.11. The van der Waals surface area contributed by atoms with Crippen molar-refractivity contribution >= 4 is 5.78 Å². The van der Waals surface area contributed by atoms with Gasteiger partial charge in [-0.3, -0.25) is 0 Å². The smallest absolute Gasteiger partial charge is 0.129 e. The van der Waals surface area contributed by atoms with E-state index in [1.54, 1.807) is 6.92 Å². The molecular formula is C19H32O. The largest absolute Gasteiger partial charge is 0.300 e. The highest BCUT2D eigenvalue weighted by Gasteiger charge is 1.91. The Kier molecular flexibility index (Phi) is 15.1. The van der Waals surface area contributed by atoms with Crippen LogP contribution < -0.4 is 0 Å². The van der Waals surface area contributed by atoms with Gasteiger partial charge < -0.3 is 4.79 Å². The summed E-state index contributed by atoms with van der Waals surface area (Å²) in [7, 11) is 0. The molecule has 1 nitrogen and oxygen atoms in total. The maximum atomic E-state index is 10.7. The van der Waals surface area contributed by atoms with E-state index < -0.39 is 0 Å². The van der Waals surface area contributed by atoms with Crippen LogP contribution in [0.15, 0.2) is 36.5 Å². The molecule has 0 saturated carbocycles. The molecule has 0 aromatic carbocycles. The lowest BCUT2D eigenvalue weighted by Crippen LogP contribution is -1.88. The summed E-state index contributed by atoms with van der Waals surface area (Å²) in [5.74, 6) is 0.305. The van der Waals surface area contributed by atoms with E-state index in [1.165, 1.54) is 25.7 Å². The van der Waals surface area contributed by atoms with Crippen molar-refractivity contribution in [2.45, 2.75) is 78.1 Å². The number of unbranched alkanes of at least 4 members (excludes halogenated alkanes) is 5. The van der Waals surface area contributed by atoms with Gasteiger partial charge in [0.25, 0.3) is 0 Å². The summed E-state index contributed by atoms with van der Waals surface area (Å²) in [5.41, 5.74) is 0. The van der Waals surface area contributed by atoms with E-state index >= 15 is 0 Å². The lowest BCUT2D eigenvalue weighted by atomic mass is 10.1. The Balaban J connectivity index is 3.32. The SMILES string of the molecule is CCCCC/C=C/C/C=C/C/C=C/CCCCC(C)=O. The summed E-state index contributed by atoms with van der Waals surface area (Å²) in [6.45, 7) is 3.90. The van der Waals surface area contributed by atoms with Crippen LogP contribution in [0.2, 0.25) is 0 Å². The lowest BCUT2D eigenvalue weighted by Gasteiger charge is -1.93. The summed E-state index contributed by atoms with van der Waals surface area (Å²) in [5, 5.41) is 0. The van der Waals surface area contributed by atoms with Crippen molar-refractivity contribution in [3.05, 3.63) is 36.5 Å². The third-order valence-corrected chi connectivity index (χ3v) is 3.17. The average molecular weight is 276 g/mol. The molecule has 0 saturated heterocycles. The third-order valence-electron chi connectivity index (χ3n) is 3.17. The molecule has 0 aromatic rings. The maximum Gasteiger partial charge on any atom is 0.129 e. The predicted octanol–water partition coefficient (Wildman–Crippen LogP) is 6.16. The molecule has 1 heteroatoms. The van der Waals surface area contributed by atoms with Crippen molar-refractivity contribution in [2.75, 3.05) is 0 Å². The molecule has 0 bridgehead atoms. The fourth-order valence-corrected chi connectivity index (χ4v) is 1.93. The van der Waals surface area contributed by atoms with Gasteiger partial charge in [0, 0.05) is 6.42 Å². The summed E-state index contributed by atoms with van der Waals surface area (Å²) in [6, 6.07) is 0. The van der Waals surface area contributed by atoms with Gasteiger partial charge in [0.05, 0.1) is 0 Å². The molecule has 20 heavy (non-hydrogen) atoms. The van der Waals surface area contributed by atoms with Crippen LogP contribution in [0.25, 0.3) is 0 Å². The van der Waals surface area contributed by atoms with Gasteiger partial charge in [-0.15, -0.1) is 0 Å². The van der Waals surface area contributed by atoms with Crippen molar-refractivity contribution in [3.63, 3.8) is 0 Å². The molecule has 0 unspecified atom stereocenters. The van der Waals surface area contributed by atoms with Gasteiger partial charge in [-0.05, 0) is 51.9 Å². The maximum absolute atomic E-state index is 10.7. The van der Waals surface area contributed by atoms with Crippen LogP contribution >= 0.6 is 0 Å². The monoisotopic (exact) mass is 276 g/mol. The number of ketones is 1. The van der Waals surface area contributed by atoms with E-state index in [0.717, 1.165) is 38.5 Å². The van der Waals surface area contributed by atoms with Crippen molar-refractivity contribution in [2.24, 2.45) is 0 Å². The summed E-state index contributed by atoms with van der Waals surface area (Å²) in [4.78, 5) is 10.7. The zero-order valence-electron chi connectivity index (χ0n) is 13.4. The summed E-state index contributed by atoms with van der Waals surface area (Å²) in [6.07, 6.45) is 24.7. The van der Waals surface area contributed by atoms with E-state index in [4.69, 9.17) is 0 Å². The molecule has 0 radical (unpaired) electrons. The minimum atomic E-state index is 0.305. The molecule has 0 aliphatic carbocycles. The molecule has 114 valence electrons. The quantitative estimate of drug-likeness (QED) is 0.290. The molecule has 0 aliphatic rings. The number of rotatable bonds is 13. The minimum Gasteiger partial charge on any atom is -0.300 e. The van der Waals surface area contributed by atoms with Crippen molar-refractivity contribution in [1.29, 1.82) is 0 Å². The summed E-state index contributed by atoms with van der Waals surface area (Å²) >= 11 is 0. The van der Waals surface area contributed by atoms with Gasteiger partial charge in [0.1, 0.15) is 5.78 Å². The number of allylic oxidation sites excluding steroid dienone is 6. The van der Waals surface area contributed by atoms with Crippen LogP contribution in [0, 0.1) is 0 Å². The summed E-state index contributed by atoms with van der Waals surface area (Å²) < 4.78 is 0. The lowest BCUT2D eigenvalue weighted by molar-refractivity contribution is -0.117. The van der Waals surface area contributed by atoms with Gasteiger partial charge in [-0.25, -0.2) is 0 Å². The number of carbonyl (C=O) groups excluding carboxylic acids is 1. The Bertz CT molecular complexity index is 297. The molecule has 0 rings (SSSR count). The van der Waals surface area contributed by atoms with Crippen molar-refractivity contribution in [3.8, 4) is 0 Å². The molecule has 0 spiro atoms. The van der Waals surface area contributed by atoms with Crippen molar-refractivity contribution < 1.29 is 4.79 Å². The zero-order valence-corrected chi connectivity index (χ0v) is 13.4. The Morgan fingerprint density at radius 1 is 0.750 bits per heavy atom. The van der Waals surface area contributed by atoms with E-state index in [9.17, 15) is 4.79 Å². The predicted molar refractivity (Wildman–Crippen MR) is 89.9 cm³/mol. The van der Waals surface area contributed by atoms with Crippen LogP contribution in [-0.4, -0.2) is 5.78 Å². The normalized spacial score (nSPS) is 12.1. The standard InChI is InChI=1S/C19H32O/c1-3-4-5-6-7-8-9-10-11-12-13-14-15-16-17-18-19(2)20/h7-8,10-11,13-14H,3-6,9,12,15-18H2,1-2H3/b8-7+,11-10+,14-13+. The minimum absolute atomic E-state index is 0.305. The fourth-order valence-electron chi connectivity index (χ4n) is 1.93. The molecular weight excluding hydrogens is 244 g/mol. The van der Waals surface area contributed by atoms with Crippen LogP contribution in [0.4, 0.5) is 0 Å². The molecule has 0 heterocycles. The van der Waals surface area contributed by atoms with Gasteiger partial charge in [-0.2, -0.15) is 0 Å². The zero-order chi connectivity index (χ0) is 14.9. The average Bonchev–Trinajstić information content (AvgIpc) is 2.43. The van der Waals surface area contributed by atoms with E-state index in [-0.39, 0.29) is 0 Å². The Labute approximate surface area is 125 Å². The topological polar surface area (TPSA) is 17.1 Å². The number of hydrogen-bond acceptors (Lipinski definition) is 1. The highest BCUT2D eigenvalue weighted by atomic mass is 16.1. The van der Waals surface area contributed by atoms with Crippen LogP contribution in [0.5, 0.6) is 0 Å². The second kappa shape index (κ2) is 15.9. The number of carbonyl (C=O) groups is 1. The van der Waals surface area contributed by atoms with Gasteiger partial charge in [0.15, 0.2) is 0 Å². The number of hydrogen-bond donors (Lipinski definition) is 0. The highest BCUT2D eigenvalue weighted by Crippen LogP contribution is 2.03. The fraction of sp³-hybridized carbons (Fsp3) is 0.632. The Morgan fingerprint density at radius 2 is 1.25 bits per heavy atom. The first-order valence-electron chi connectivity index (χ1n) is 8.21. The van der Waals surface area contributed by atoms with Gasteiger partial charge >= 0.3 is 0 Å². The van der Waals surface area contributed by atoms with Crippen LogP contribution in [0.3, 0.4) is 0 Å². The van der Waals surface area contributed by atoms with E-state index in [2.05, 4.69) is 43.4 Å². The van der Waals surface area contributed by atoms with E-state index in [1.807, 2.05) is 0 Å². The second-order valence-electron chi connectivity index (χ2n) is 5.33. The highest BCUT2D eigenvalue weighted by molar-refractivity contribution is 5.75. The van der Waals surface area contributed by atoms with Gasteiger partial charge in [0.2, 0.25) is 0 Å². The molecule has 0 aromatic heterocycles. The van der Waals surface area contributed by atoms with Crippen molar-refractivity contribution in [1.82, 2.24) is 0 Å². The molecule has 0 N–H and O–H groups in total. The third kappa shape index (κ3) is 16.9. The molecule has 0 amide bonds. The molecule has 0 fully saturated rings. The van der Waals surface area contributed by atoms with E-state index in [0.29, 0.717) is 5.78 Å². The van der Waals surface area contributed by atoms with Crippen LogP contribution in [-0.2, 0) is 4.79 Å². The first-order chi connectivity index (χ1) is 9.77. The second-order valence-corrected chi connectivity index (χ2v) is 5.33. The Morgan fingerprint density at radius 3 is 1.75 bits per heavy atom.